The molecule has 29 heavy (non-hydrogen) atoms. The van der Waals surface area contributed by atoms with Crippen LogP contribution in [0.2, 0.25) is 0 Å². The minimum absolute atomic E-state index is 0.101. The van der Waals surface area contributed by atoms with E-state index >= 15 is 0 Å². The lowest BCUT2D eigenvalue weighted by molar-refractivity contribution is -0.134. The zero-order chi connectivity index (χ0) is 20.2. The highest BCUT2D eigenvalue weighted by Gasteiger charge is 2.31. The first-order valence-electron chi connectivity index (χ1n) is 10.3. The molecule has 0 radical (unpaired) electrons. The minimum atomic E-state index is -0.101. The van der Waals surface area contributed by atoms with Gasteiger partial charge in [-0.25, -0.2) is 4.79 Å². The first-order valence-corrected chi connectivity index (χ1v) is 11.1. The predicted molar refractivity (Wildman–Crippen MR) is 116 cm³/mol. The van der Waals surface area contributed by atoms with Crippen LogP contribution in [0.5, 0.6) is 0 Å². The van der Waals surface area contributed by atoms with Crippen molar-refractivity contribution in [2.45, 2.75) is 25.8 Å². The van der Waals surface area contributed by atoms with Gasteiger partial charge in [-0.3, -0.25) is 9.69 Å². The van der Waals surface area contributed by atoms with Gasteiger partial charge < -0.3 is 15.1 Å². The van der Waals surface area contributed by atoms with E-state index in [2.05, 4.69) is 29.3 Å². The van der Waals surface area contributed by atoms with E-state index < -0.39 is 0 Å². The number of aryl methyl sites for hydroxylation is 1. The number of anilines is 1. The van der Waals surface area contributed by atoms with Crippen molar-refractivity contribution < 1.29 is 9.59 Å². The minimum Gasteiger partial charge on any atom is -0.338 e. The third kappa shape index (κ3) is 4.79. The molecule has 1 aromatic carbocycles. The molecule has 1 atom stereocenters. The molecule has 1 unspecified atom stereocenters. The number of nitrogens with zero attached hydrogens (tertiary/aromatic N) is 3. The van der Waals surface area contributed by atoms with Gasteiger partial charge in [0, 0.05) is 47.7 Å². The smallest absolute Gasteiger partial charge is 0.321 e. The molecule has 1 N–H and O–H groups in total. The average Bonchev–Trinajstić information content (AvgIpc) is 3.37. The Kier molecular flexibility index (Phi) is 6.16. The number of carbonyl (C=O) groups excluding carboxylic acids is 2. The summed E-state index contributed by atoms with van der Waals surface area (Å²) < 4.78 is 0. The van der Waals surface area contributed by atoms with Gasteiger partial charge in [-0.05, 0) is 50.6 Å². The number of amides is 3. The van der Waals surface area contributed by atoms with E-state index in [4.69, 9.17) is 0 Å². The molecule has 0 bridgehead atoms. The van der Waals surface area contributed by atoms with Crippen LogP contribution in [-0.2, 0) is 4.79 Å². The molecule has 7 heteroatoms. The van der Waals surface area contributed by atoms with E-state index in [-0.39, 0.29) is 11.9 Å². The normalized spacial score (nSPS) is 20.1. The van der Waals surface area contributed by atoms with E-state index in [1.807, 2.05) is 46.6 Å². The van der Waals surface area contributed by atoms with Gasteiger partial charge >= 0.3 is 6.03 Å². The Labute approximate surface area is 176 Å². The summed E-state index contributed by atoms with van der Waals surface area (Å²) in [5.41, 5.74) is 0.792. The number of nitrogens with one attached hydrogen (secondary N) is 1. The van der Waals surface area contributed by atoms with Crippen molar-refractivity contribution in [2.75, 3.05) is 44.6 Å². The molecule has 3 amide bonds. The molecule has 4 rings (SSSR count). The Balaban J connectivity index is 1.27. The molecular formula is C22H28N4O2S. The highest BCUT2D eigenvalue weighted by Crippen LogP contribution is 2.35. The van der Waals surface area contributed by atoms with Crippen molar-refractivity contribution in [3.63, 3.8) is 0 Å². The Morgan fingerprint density at radius 3 is 2.41 bits per heavy atom. The maximum Gasteiger partial charge on any atom is 0.321 e. The number of rotatable bonds is 4. The molecule has 0 aliphatic carbocycles. The second-order valence-electron chi connectivity index (χ2n) is 7.74. The number of carbonyl (C=O) groups is 2. The van der Waals surface area contributed by atoms with Crippen LogP contribution < -0.4 is 5.32 Å². The van der Waals surface area contributed by atoms with Gasteiger partial charge in [0.05, 0.1) is 6.54 Å². The summed E-state index contributed by atoms with van der Waals surface area (Å²) in [4.78, 5) is 34.0. The molecule has 0 spiro atoms. The summed E-state index contributed by atoms with van der Waals surface area (Å²) >= 11 is 1.84. The largest absolute Gasteiger partial charge is 0.338 e. The standard InChI is InChI=1S/C22H28N4O2S/c1-17-9-10-20(29-17)19-8-5-11-26(19)16-21(27)24-12-14-25(15-13-24)22(28)23-18-6-3-2-4-7-18/h2-4,6-7,9-10,19H,5,8,11-16H2,1H3,(H,23,28). The summed E-state index contributed by atoms with van der Waals surface area (Å²) in [6.45, 7) is 5.90. The maximum absolute atomic E-state index is 12.9. The number of hydrogen-bond acceptors (Lipinski definition) is 4. The Bertz CT molecular complexity index is 846. The number of thiophene rings is 1. The van der Waals surface area contributed by atoms with Gasteiger partial charge in [-0.1, -0.05) is 18.2 Å². The quantitative estimate of drug-likeness (QED) is 0.835. The van der Waals surface area contributed by atoms with Crippen molar-refractivity contribution in [3.8, 4) is 0 Å². The van der Waals surface area contributed by atoms with Crippen LogP contribution in [0.1, 0.15) is 28.6 Å². The highest BCUT2D eigenvalue weighted by molar-refractivity contribution is 7.12. The Morgan fingerprint density at radius 1 is 1.00 bits per heavy atom. The molecule has 2 aliphatic rings. The number of para-hydroxylation sites is 1. The number of likely N-dealkylation sites (tertiary alicyclic amines) is 1. The molecule has 154 valence electrons. The van der Waals surface area contributed by atoms with Crippen molar-refractivity contribution >= 4 is 29.0 Å². The molecular weight excluding hydrogens is 384 g/mol. The molecule has 2 saturated heterocycles. The first kappa shape index (κ1) is 19.9. The molecule has 6 nitrogen and oxygen atoms in total. The van der Waals surface area contributed by atoms with Gasteiger partial charge in [-0.2, -0.15) is 0 Å². The van der Waals surface area contributed by atoms with Gasteiger partial charge in [0.15, 0.2) is 0 Å². The van der Waals surface area contributed by atoms with Gasteiger partial charge in [0.1, 0.15) is 0 Å². The van der Waals surface area contributed by atoms with E-state index in [9.17, 15) is 9.59 Å². The molecule has 1 aromatic heterocycles. The lowest BCUT2D eigenvalue weighted by atomic mass is 10.2. The van der Waals surface area contributed by atoms with Crippen molar-refractivity contribution in [1.82, 2.24) is 14.7 Å². The Hall–Kier alpha value is -2.38. The fourth-order valence-electron chi connectivity index (χ4n) is 4.13. The van der Waals surface area contributed by atoms with Crippen LogP contribution >= 0.6 is 11.3 Å². The molecule has 0 saturated carbocycles. The summed E-state index contributed by atoms with van der Waals surface area (Å²) in [5.74, 6) is 0.174. The number of urea groups is 1. The zero-order valence-corrected chi connectivity index (χ0v) is 17.7. The summed E-state index contributed by atoms with van der Waals surface area (Å²) in [6, 6.07) is 14.1. The van der Waals surface area contributed by atoms with Crippen LogP contribution in [0.4, 0.5) is 10.5 Å². The third-order valence-corrected chi connectivity index (χ3v) is 6.84. The van der Waals surface area contributed by atoms with Crippen LogP contribution in [0.3, 0.4) is 0 Å². The molecule has 2 fully saturated rings. The zero-order valence-electron chi connectivity index (χ0n) is 16.8. The van der Waals surface area contributed by atoms with Crippen LogP contribution in [0, 0.1) is 6.92 Å². The monoisotopic (exact) mass is 412 g/mol. The summed E-state index contributed by atoms with van der Waals surface area (Å²) in [5, 5.41) is 2.92. The van der Waals surface area contributed by atoms with Gasteiger partial charge in [0.25, 0.3) is 0 Å². The number of hydrogen-bond donors (Lipinski definition) is 1. The lowest BCUT2D eigenvalue weighted by Gasteiger charge is -2.36. The number of benzene rings is 1. The molecule has 2 aromatic rings. The molecule has 2 aliphatic heterocycles. The van der Waals surface area contributed by atoms with Crippen molar-refractivity contribution in [3.05, 3.63) is 52.2 Å². The highest BCUT2D eigenvalue weighted by atomic mass is 32.1. The van der Waals surface area contributed by atoms with E-state index in [1.54, 1.807) is 4.90 Å². The van der Waals surface area contributed by atoms with E-state index in [0.717, 1.165) is 25.1 Å². The lowest BCUT2D eigenvalue weighted by Crippen LogP contribution is -2.53. The maximum atomic E-state index is 12.9. The van der Waals surface area contributed by atoms with Crippen LogP contribution in [-0.4, -0.2) is 65.9 Å². The van der Waals surface area contributed by atoms with E-state index in [1.165, 1.54) is 9.75 Å². The van der Waals surface area contributed by atoms with Crippen molar-refractivity contribution in [1.29, 1.82) is 0 Å². The van der Waals surface area contributed by atoms with Crippen molar-refractivity contribution in [2.24, 2.45) is 0 Å². The predicted octanol–water partition coefficient (Wildman–Crippen LogP) is 3.57. The van der Waals surface area contributed by atoms with Crippen LogP contribution in [0.25, 0.3) is 0 Å². The van der Waals surface area contributed by atoms with Gasteiger partial charge in [-0.15, -0.1) is 11.3 Å². The summed E-state index contributed by atoms with van der Waals surface area (Å²) in [6.07, 6.45) is 2.27. The Morgan fingerprint density at radius 2 is 1.72 bits per heavy atom. The molecule has 3 heterocycles. The fourth-order valence-corrected chi connectivity index (χ4v) is 5.17. The van der Waals surface area contributed by atoms with Crippen LogP contribution in [0.15, 0.2) is 42.5 Å². The topological polar surface area (TPSA) is 55.9 Å². The second kappa shape index (κ2) is 8.97. The van der Waals surface area contributed by atoms with E-state index in [0.29, 0.717) is 38.8 Å². The SMILES string of the molecule is Cc1ccc(C2CCCN2CC(=O)N2CCN(C(=O)Nc3ccccc3)CC2)s1. The van der Waals surface area contributed by atoms with Gasteiger partial charge in [0.2, 0.25) is 5.91 Å². The summed E-state index contributed by atoms with van der Waals surface area (Å²) in [7, 11) is 0. The third-order valence-electron chi connectivity index (χ3n) is 5.74. The fraction of sp³-hybridized carbons (Fsp3) is 0.455. The second-order valence-corrected chi connectivity index (χ2v) is 9.06. The average molecular weight is 413 g/mol. The number of piperazine rings is 1. The first-order chi connectivity index (χ1) is 14.1.